The molecule has 210 valence electrons. The second-order valence-electron chi connectivity index (χ2n) is 10.3. The Morgan fingerprint density at radius 1 is 1.13 bits per heavy atom. The van der Waals surface area contributed by atoms with Gasteiger partial charge in [0.05, 0.1) is 23.3 Å². The number of phenols is 1. The first kappa shape index (κ1) is 28.8. The molecule has 0 spiro atoms. The molecule has 0 atom stereocenters. The number of hydrogen-bond donors (Lipinski definition) is 2. The average molecular weight is 558 g/mol. The highest BCUT2D eigenvalue weighted by Crippen LogP contribution is 2.34. The zero-order chi connectivity index (χ0) is 27.9. The number of ether oxygens (including phenoxy) is 1. The maximum absolute atomic E-state index is 14.0. The van der Waals surface area contributed by atoms with Gasteiger partial charge in [-0.15, -0.1) is 0 Å². The van der Waals surface area contributed by atoms with Crippen molar-refractivity contribution >= 4 is 39.9 Å². The van der Waals surface area contributed by atoms with Crippen molar-refractivity contribution in [1.82, 2.24) is 19.8 Å². The van der Waals surface area contributed by atoms with E-state index in [-0.39, 0.29) is 22.4 Å². The van der Waals surface area contributed by atoms with Crippen LogP contribution >= 0.6 is 11.6 Å². The number of benzene rings is 2. The molecule has 10 heteroatoms. The fraction of sp³-hybridized carbons (Fsp3) is 0.483. The van der Waals surface area contributed by atoms with Crippen molar-refractivity contribution in [3.8, 4) is 11.5 Å². The standard InChI is InChI=1S/C15H11ClFN3O2.C14H26N2O/c1-22-13-6-11-8(5-12(13)21)15(19-7-18-11)20-10-4-2-3-9(16)14(10)17;1-15(2)14(17)12-8-10-16(11-9-12)13-6-4-3-5-7-13/h2-7,21H,1H3,(H,18,19,20);12-13H,3-11H2,1-2H3. The van der Waals surface area contributed by atoms with E-state index in [4.69, 9.17) is 16.3 Å². The molecule has 39 heavy (non-hydrogen) atoms. The molecule has 1 saturated heterocycles. The second kappa shape index (κ2) is 13.3. The van der Waals surface area contributed by atoms with E-state index in [1.807, 2.05) is 14.1 Å². The van der Waals surface area contributed by atoms with Gasteiger partial charge in [-0.3, -0.25) is 4.79 Å². The number of phenolic OH excluding ortho intramolecular Hbond substituents is 1. The molecule has 0 unspecified atom stereocenters. The number of anilines is 2. The van der Waals surface area contributed by atoms with Crippen molar-refractivity contribution in [2.24, 2.45) is 5.92 Å². The van der Waals surface area contributed by atoms with Crippen LogP contribution in [0.5, 0.6) is 11.5 Å². The molecule has 1 saturated carbocycles. The topological polar surface area (TPSA) is 90.8 Å². The molecule has 1 aromatic heterocycles. The molecular weight excluding hydrogens is 521 g/mol. The van der Waals surface area contributed by atoms with E-state index in [2.05, 4.69) is 20.2 Å². The number of aromatic hydroxyl groups is 1. The number of nitrogens with one attached hydrogen (secondary N) is 1. The Bertz CT molecular complexity index is 1280. The first-order valence-electron chi connectivity index (χ1n) is 13.5. The zero-order valence-electron chi connectivity index (χ0n) is 22.8. The Morgan fingerprint density at radius 3 is 2.51 bits per heavy atom. The van der Waals surface area contributed by atoms with Crippen molar-refractivity contribution in [2.45, 2.75) is 51.0 Å². The van der Waals surface area contributed by atoms with Crippen LogP contribution in [0.25, 0.3) is 10.9 Å². The molecule has 1 aliphatic carbocycles. The molecule has 1 amide bonds. The zero-order valence-corrected chi connectivity index (χ0v) is 23.5. The largest absolute Gasteiger partial charge is 0.504 e. The summed E-state index contributed by atoms with van der Waals surface area (Å²) in [5.41, 5.74) is 0.734. The number of nitrogens with zero attached hydrogens (tertiary/aromatic N) is 4. The minimum absolute atomic E-state index is 0.00729. The van der Waals surface area contributed by atoms with Crippen LogP contribution in [0.2, 0.25) is 5.02 Å². The van der Waals surface area contributed by atoms with Crippen LogP contribution in [0.1, 0.15) is 44.9 Å². The van der Waals surface area contributed by atoms with E-state index in [1.54, 1.807) is 23.1 Å². The number of aromatic nitrogens is 2. The van der Waals surface area contributed by atoms with Gasteiger partial charge in [-0.05, 0) is 57.0 Å². The van der Waals surface area contributed by atoms with Crippen molar-refractivity contribution in [1.29, 1.82) is 0 Å². The van der Waals surface area contributed by atoms with Crippen LogP contribution in [-0.2, 0) is 4.79 Å². The van der Waals surface area contributed by atoms with E-state index in [0.717, 1.165) is 32.0 Å². The van der Waals surface area contributed by atoms with E-state index in [0.29, 0.717) is 28.4 Å². The molecule has 2 aliphatic rings. The molecule has 2 N–H and O–H groups in total. The Kier molecular flexibility index (Phi) is 9.80. The number of fused-ring (bicyclic) bond motifs is 1. The lowest BCUT2D eigenvalue weighted by atomic mass is 9.89. The number of rotatable bonds is 5. The SMILES string of the molecule is CN(C)C(=O)C1CCN(C2CCCCC2)CC1.COc1cc2ncnc(Nc3cccc(Cl)c3F)c2cc1O. The summed E-state index contributed by atoms with van der Waals surface area (Å²) in [6.07, 6.45) is 10.5. The monoisotopic (exact) mass is 557 g/mol. The van der Waals surface area contributed by atoms with Crippen molar-refractivity contribution < 1.29 is 19.0 Å². The third-order valence-corrected chi connectivity index (χ3v) is 7.84. The first-order chi connectivity index (χ1) is 18.8. The van der Waals surface area contributed by atoms with Crippen LogP contribution in [-0.4, -0.2) is 71.1 Å². The summed E-state index contributed by atoms with van der Waals surface area (Å²) < 4.78 is 19.0. The van der Waals surface area contributed by atoms with Gasteiger partial charge in [0.25, 0.3) is 0 Å². The Balaban J connectivity index is 0.000000187. The summed E-state index contributed by atoms with van der Waals surface area (Å²) in [7, 11) is 5.19. The number of amides is 1. The molecule has 1 aliphatic heterocycles. The van der Waals surface area contributed by atoms with Crippen molar-refractivity contribution in [3.05, 3.63) is 47.5 Å². The molecule has 2 aromatic carbocycles. The van der Waals surface area contributed by atoms with Crippen LogP contribution in [0.4, 0.5) is 15.9 Å². The molecule has 2 fully saturated rings. The van der Waals surface area contributed by atoms with Gasteiger partial charge in [0.1, 0.15) is 12.1 Å². The van der Waals surface area contributed by atoms with Gasteiger partial charge < -0.3 is 25.0 Å². The number of carbonyl (C=O) groups is 1. The van der Waals surface area contributed by atoms with E-state index in [9.17, 15) is 14.3 Å². The van der Waals surface area contributed by atoms with Gasteiger partial charge in [-0.25, -0.2) is 14.4 Å². The molecule has 0 radical (unpaired) electrons. The lowest BCUT2D eigenvalue weighted by molar-refractivity contribution is -0.134. The summed E-state index contributed by atoms with van der Waals surface area (Å²) >= 11 is 5.76. The summed E-state index contributed by atoms with van der Waals surface area (Å²) in [5, 5.41) is 13.3. The summed E-state index contributed by atoms with van der Waals surface area (Å²) in [5.74, 6) is 0.626. The Morgan fingerprint density at radius 2 is 1.85 bits per heavy atom. The molecule has 0 bridgehead atoms. The van der Waals surface area contributed by atoms with Gasteiger partial charge >= 0.3 is 0 Å². The summed E-state index contributed by atoms with van der Waals surface area (Å²) in [4.78, 5) is 24.5. The maximum Gasteiger partial charge on any atom is 0.225 e. The first-order valence-corrected chi connectivity index (χ1v) is 13.8. The van der Waals surface area contributed by atoms with Crippen LogP contribution in [0, 0.1) is 11.7 Å². The van der Waals surface area contributed by atoms with Crippen LogP contribution < -0.4 is 10.1 Å². The molecular formula is C29H37ClFN5O3. The minimum Gasteiger partial charge on any atom is -0.504 e. The summed E-state index contributed by atoms with van der Waals surface area (Å²) in [6, 6.07) is 8.47. The highest BCUT2D eigenvalue weighted by molar-refractivity contribution is 6.31. The Labute approximate surface area is 234 Å². The van der Waals surface area contributed by atoms with E-state index in [1.165, 1.54) is 57.7 Å². The number of halogens is 2. The lowest BCUT2D eigenvalue weighted by Crippen LogP contribution is -2.45. The molecule has 2 heterocycles. The van der Waals surface area contributed by atoms with Gasteiger partial charge in [0.15, 0.2) is 17.3 Å². The van der Waals surface area contributed by atoms with Crippen molar-refractivity contribution in [2.75, 3.05) is 39.6 Å². The number of likely N-dealkylation sites (tertiary alicyclic amines) is 1. The molecule has 3 aromatic rings. The number of carbonyl (C=O) groups excluding carboxylic acids is 1. The summed E-state index contributed by atoms with van der Waals surface area (Å²) in [6.45, 7) is 2.27. The predicted octanol–water partition coefficient (Wildman–Crippen LogP) is 6.00. The average Bonchev–Trinajstić information content (AvgIpc) is 2.96. The maximum atomic E-state index is 14.0. The molecule has 8 nitrogen and oxygen atoms in total. The number of piperidine rings is 1. The van der Waals surface area contributed by atoms with Gasteiger partial charge in [0.2, 0.25) is 5.91 Å². The third kappa shape index (κ3) is 7.08. The molecule has 5 rings (SSSR count). The number of hydrogen-bond acceptors (Lipinski definition) is 7. The predicted molar refractivity (Wildman–Crippen MR) is 152 cm³/mol. The highest BCUT2D eigenvalue weighted by atomic mass is 35.5. The second-order valence-corrected chi connectivity index (χ2v) is 10.7. The smallest absolute Gasteiger partial charge is 0.225 e. The number of methoxy groups -OCH3 is 1. The van der Waals surface area contributed by atoms with Crippen molar-refractivity contribution in [3.63, 3.8) is 0 Å². The van der Waals surface area contributed by atoms with Crippen LogP contribution in [0.15, 0.2) is 36.7 Å². The Hall–Kier alpha value is -3.17. The lowest BCUT2D eigenvalue weighted by Gasteiger charge is -2.39. The van der Waals surface area contributed by atoms with E-state index >= 15 is 0 Å². The van der Waals surface area contributed by atoms with Gasteiger partial charge in [-0.2, -0.15) is 0 Å². The third-order valence-electron chi connectivity index (χ3n) is 7.55. The quantitative estimate of drug-likeness (QED) is 0.397. The fourth-order valence-corrected chi connectivity index (χ4v) is 5.56. The van der Waals surface area contributed by atoms with E-state index < -0.39 is 5.82 Å². The fourth-order valence-electron chi connectivity index (χ4n) is 5.39. The van der Waals surface area contributed by atoms with Gasteiger partial charge in [-0.1, -0.05) is 36.9 Å². The highest BCUT2D eigenvalue weighted by Gasteiger charge is 2.29. The normalized spacial score (nSPS) is 16.8. The van der Waals surface area contributed by atoms with Gasteiger partial charge in [0, 0.05) is 37.5 Å². The van der Waals surface area contributed by atoms with Crippen LogP contribution in [0.3, 0.4) is 0 Å². The minimum atomic E-state index is -0.575.